The van der Waals surface area contributed by atoms with Crippen molar-refractivity contribution in [3.05, 3.63) is 29.6 Å². The number of halogens is 3. The molecule has 1 saturated heterocycles. The summed E-state index contributed by atoms with van der Waals surface area (Å²) in [5.74, 6) is -2.31. The van der Waals surface area contributed by atoms with Crippen LogP contribution in [0.25, 0.3) is 0 Å². The summed E-state index contributed by atoms with van der Waals surface area (Å²) in [6, 6.07) is 1.81. The molecule has 1 saturated carbocycles. The van der Waals surface area contributed by atoms with Crippen LogP contribution in [0.15, 0.2) is 24.0 Å². The first-order valence-corrected chi connectivity index (χ1v) is 12.9. The largest absolute Gasteiger partial charge is 0.471 e. The quantitative estimate of drug-likeness (QED) is 0.453. The van der Waals surface area contributed by atoms with Crippen molar-refractivity contribution in [3.8, 4) is 6.07 Å². The van der Waals surface area contributed by atoms with Gasteiger partial charge in [0.2, 0.25) is 11.8 Å². The fourth-order valence-electron chi connectivity index (χ4n) is 5.99. The number of rotatable bonds is 6. The van der Waals surface area contributed by atoms with Gasteiger partial charge in [0, 0.05) is 24.2 Å². The number of nitriles is 1. The number of pyridine rings is 1. The van der Waals surface area contributed by atoms with Gasteiger partial charge in [-0.1, -0.05) is 40.7 Å². The highest BCUT2D eigenvalue weighted by atomic mass is 19.4. The molecule has 4 rings (SSSR count). The highest BCUT2D eigenvalue weighted by Gasteiger charge is 2.70. The minimum atomic E-state index is -5.19. The third-order valence-corrected chi connectivity index (χ3v) is 8.28. The van der Waals surface area contributed by atoms with Gasteiger partial charge in [-0.15, -0.1) is 0 Å². The Balaban J connectivity index is 1.56. The molecule has 214 valence electrons. The predicted molar refractivity (Wildman–Crippen MR) is 136 cm³/mol. The smallest absolute Gasteiger partial charge is 0.339 e. The Morgan fingerprint density at radius 2 is 1.93 bits per heavy atom. The summed E-state index contributed by atoms with van der Waals surface area (Å²) in [5.41, 5.74) is -0.548. The molecule has 0 aromatic carbocycles. The van der Waals surface area contributed by atoms with E-state index in [2.05, 4.69) is 15.6 Å². The molecule has 6 atom stereocenters. The van der Waals surface area contributed by atoms with Gasteiger partial charge in [0.15, 0.2) is 0 Å². The second kappa shape index (κ2) is 9.93. The van der Waals surface area contributed by atoms with Crippen LogP contribution in [0.3, 0.4) is 0 Å². The van der Waals surface area contributed by atoms with Crippen LogP contribution in [-0.2, 0) is 19.2 Å². The van der Waals surface area contributed by atoms with E-state index in [1.165, 1.54) is 25.7 Å². The maximum atomic E-state index is 13.6. The van der Waals surface area contributed by atoms with Crippen LogP contribution in [0.5, 0.6) is 0 Å². The first-order chi connectivity index (χ1) is 18.5. The Labute approximate surface area is 229 Å². The molecule has 1 aliphatic carbocycles. The Morgan fingerprint density at radius 3 is 2.50 bits per heavy atom. The van der Waals surface area contributed by atoms with Crippen LogP contribution in [0.4, 0.5) is 19.0 Å². The van der Waals surface area contributed by atoms with Crippen molar-refractivity contribution < 1.29 is 32.3 Å². The van der Waals surface area contributed by atoms with Gasteiger partial charge in [-0.25, -0.2) is 9.78 Å². The standard InChI is InChI=1S/C27H31F3N6O4/c1-25(2,3)20(35-24(40)27(28,29)30)23(39)36-11-16-18(26(16,4)5)19(36)22(38)33-13(10-31)9-15-14-7-6-8-32-21(14)34-17(15)12-37/h6-8,13,15-16,18-20H,9,11H2,1-5H3,(H,32,34)(H,33,38)(H,35,40)/t13-,15?,16-,18-,19-,20+/m0/s1. The Morgan fingerprint density at radius 1 is 1.25 bits per heavy atom. The van der Waals surface area contributed by atoms with Gasteiger partial charge in [-0.2, -0.15) is 18.4 Å². The number of fused-ring (bicyclic) bond motifs is 2. The number of hydrogen-bond donors (Lipinski definition) is 3. The summed E-state index contributed by atoms with van der Waals surface area (Å²) >= 11 is 0. The molecular weight excluding hydrogens is 529 g/mol. The average Bonchev–Trinajstić information content (AvgIpc) is 3.21. The fourth-order valence-corrected chi connectivity index (χ4v) is 5.99. The second-order valence-corrected chi connectivity index (χ2v) is 12.2. The number of anilines is 1. The van der Waals surface area contributed by atoms with E-state index >= 15 is 0 Å². The molecule has 2 aliphatic heterocycles. The summed E-state index contributed by atoms with van der Waals surface area (Å²) in [4.78, 5) is 56.0. The summed E-state index contributed by atoms with van der Waals surface area (Å²) in [6.07, 6.45) is -3.61. The lowest BCUT2D eigenvalue weighted by Gasteiger charge is -2.37. The van der Waals surface area contributed by atoms with Crippen molar-refractivity contribution >= 4 is 29.5 Å². The molecule has 1 aromatic heterocycles. The second-order valence-electron chi connectivity index (χ2n) is 12.2. The van der Waals surface area contributed by atoms with Gasteiger partial charge in [0.25, 0.3) is 0 Å². The minimum absolute atomic E-state index is 0.0307. The van der Waals surface area contributed by atoms with E-state index in [-0.39, 0.29) is 35.9 Å². The van der Waals surface area contributed by atoms with Gasteiger partial charge in [-0.3, -0.25) is 14.4 Å². The summed E-state index contributed by atoms with van der Waals surface area (Å²) < 4.78 is 39.1. The molecule has 13 heteroatoms. The van der Waals surface area contributed by atoms with E-state index in [4.69, 9.17) is 0 Å². The summed E-state index contributed by atoms with van der Waals surface area (Å²) in [5, 5.41) is 17.2. The van der Waals surface area contributed by atoms with E-state index in [1.807, 2.05) is 31.2 Å². The number of aromatic nitrogens is 1. The van der Waals surface area contributed by atoms with Crippen molar-refractivity contribution in [2.45, 2.75) is 71.3 Å². The normalized spacial score (nSPS) is 25.9. The van der Waals surface area contributed by atoms with E-state index < -0.39 is 53.4 Å². The van der Waals surface area contributed by atoms with E-state index in [1.54, 1.807) is 18.3 Å². The lowest BCUT2D eigenvalue weighted by molar-refractivity contribution is -0.176. The first-order valence-electron chi connectivity index (χ1n) is 12.9. The van der Waals surface area contributed by atoms with E-state index in [0.29, 0.717) is 11.4 Å². The molecular formula is C27H31F3N6O4. The molecule has 2 fully saturated rings. The highest BCUT2D eigenvalue weighted by Crippen LogP contribution is 2.65. The molecule has 0 bridgehead atoms. The van der Waals surface area contributed by atoms with Gasteiger partial charge in [-0.05, 0) is 35.2 Å². The monoisotopic (exact) mass is 560 g/mol. The number of likely N-dealkylation sites (tertiary alicyclic amines) is 1. The maximum absolute atomic E-state index is 13.6. The number of carbonyl (C=O) groups excluding carboxylic acids is 4. The number of amides is 3. The lowest BCUT2D eigenvalue weighted by atomic mass is 9.85. The van der Waals surface area contributed by atoms with Crippen molar-refractivity contribution in [2.75, 3.05) is 11.9 Å². The van der Waals surface area contributed by atoms with Crippen LogP contribution in [0.2, 0.25) is 0 Å². The van der Waals surface area contributed by atoms with Gasteiger partial charge in [0.1, 0.15) is 35.6 Å². The van der Waals surface area contributed by atoms with Gasteiger partial charge >= 0.3 is 12.1 Å². The van der Waals surface area contributed by atoms with Crippen molar-refractivity contribution in [2.24, 2.45) is 22.7 Å². The minimum Gasteiger partial charge on any atom is -0.339 e. The molecule has 40 heavy (non-hydrogen) atoms. The molecule has 1 unspecified atom stereocenters. The molecule has 3 N–H and O–H groups in total. The lowest BCUT2D eigenvalue weighted by Crippen LogP contribution is -2.61. The van der Waals surface area contributed by atoms with Crippen molar-refractivity contribution in [3.63, 3.8) is 0 Å². The first kappa shape index (κ1) is 29.1. The predicted octanol–water partition coefficient (Wildman–Crippen LogP) is 2.28. The zero-order chi connectivity index (χ0) is 29.8. The highest BCUT2D eigenvalue weighted by molar-refractivity contribution is 5.95. The SMILES string of the molecule is CC(C)(C)[C@H](NC(=O)C(F)(F)F)C(=O)N1C[C@H]2[C@@H]([C@H]1C(=O)N[C@H](C#N)CC1C(=C=O)Nc3ncccc31)C2(C)C. The zero-order valence-corrected chi connectivity index (χ0v) is 22.7. The Hall–Kier alpha value is -3.91. The number of nitrogens with zero attached hydrogens (tertiary/aromatic N) is 3. The number of piperidine rings is 1. The average molecular weight is 561 g/mol. The van der Waals surface area contributed by atoms with Crippen molar-refractivity contribution in [1.29, 1.82) is 5.26 Å². The molecule has 10 nitrogen and oxygen atoms in total. The molecule has 3 aliphatic rings. The zero-order valence-electron chi connectivity index (χ0n) is 22.7. The Bertz CT molecular complexity index is 1320. The number of alkyl halides is 3. The molecule has 0 radical (unpaired) electrons. The van der Waals surface area contributed by atoms with Crippen LogP contribution >= 0.6 is 0 Å². The van der Waals surface area contributed by atoms with E-state index in [9.17, 15) is 37.6 Å². The number of allylic oxidation sites excluding steroid dienone is 1. The van der Waals surface area contributed by atoms with E-state index in [0.717, 1.165) is 0 Å². The van der Waals surface area contributed by atoms with Crippen LogP contribution < -0.4 is 16.0 Å². The molecule has 1 aromatic rings. The number of hydrogen-bond acceptors (Lipinski definition) is 7. The maximum Gasteiger partial charge on any atom is 0.471 e. The topological polar surface area (TPSA) is 144 Å². The summed E-state index contributed by atoms with van der Waals surface area (Å²) in [7, 11) is 0. The van der Waals surface area contributed by atoms with Gasteiger partial charge in [0.05, 0.1) is 6.07 Å². The Kier molecular flexibility index (Phi) is 7.22. The summed E-state index contributed by atoms with van der Waals surface area (Å²) in [6.45, 7) is 8.57. The fraction of sp³-hybridized carbons (Fsp3) is 0.593. The number of carbonyl (C=O) groups is 3. The molecule has 3 heterocycles. The third kappa shape index (κ3) is 5.16. The third-order valence-electron chi connectivity index (χ3n) is 8.28. The van der Waals surface area contributed by atoms with Crippen LogP contribution in [0.1, 0.15) is 52.5 Å². The van der Waals surface area contributed by atoms with Gasteiger partial charge < -0.3 is 20.9 Å². The van der Waals surface area contributed by atoms with Crippen LogP contribution in [0, 0.1) is 34.0 Å². The number of nitrogens with one attached hydrogen (secondary N) is 3. The molecule has 0 spiro atoms. The molecule has 3 amide bonds. The van der Waals surface area contributed by atoms with Crippen LogP contribution in [-0.4, -0.2) is 64.4 Å². The van der Waals surface area contributed by atoms with Crippen molar-refractivity contribution in [1.82, 2.24) is 20.5 Å².